The number of amides is 1. The number of benzene rings is 3. The van der Waals surface area contributed by atoms with Gasteiger partial charge >= 0.3 is 0 Å². The molecule has 0 bridgehead atoms. The molecule has 1 saturated heterocycles. The Balaban J connectivity index is 1.35. The van der Waals surface area contributed by atoms with E-state index < -0.39 is 5.41 Å². The number of Topliss-reactive ketones (excluding diaryl/α,β-unsaturated/α-hetero) is 1. The second kappa shape index (κ2) is 12.3. The Hall–Kier alpha value is -2.70. The number of ketones is 1. The van der Waals surface area contributed by atoms with E-state index in [-0.39, 0.29) is 29.2 Å². The van der Waals surface area contributed by atoms with Crippen LogP contribution in [0.2, 0.25) is 10.0 Å². The molecule has 7 heteroatoms. The number of nitrogens with one attached hydrogen (secondary N) is 1. The van der Waals surface area contributed by atoms with Gasteiger partial charge in [-0.15, -0.1) is 0 Å². The first-order chi connectivity index (χ1) is 19.7. The van der Waals surface area contributed by atoms with E-state index in [4.69, 9.17) is 23.2 Å². The summed E-state index contributed by atoms with van der Waals surface area (Å²) in [6.07, 6.45) is 2.57. The lowest BCUT2D eigenvalue weighted by Gasteiger charge is -2.43. The number of carbonyl (C=O) groups excluding carboxylic acids is 2. The molecule has 2 fully saturated rings. The number of likely N-dealkylation sites (tertiary alicyclic amines) is 1. The van der Waals surface area contributed by atoms with Crippen LogP contribution in [0.1, 0.15) is 55.8 Å². The van der Waals surface area contributed by atoms with Gasteiger partial charge < -0.3 is 15.1 Å². The standard InChI is InChI=1S/C34H39Cl2N3O2/c1-24(40)22-37-33(27-12-8-5-9-13-27)16-18-39(19-17-33)23-29-21-34(29,28-14-15-30(35)31(36)20-28)32(41)38(3)25(2)26-10-6-4-7-11-26/h4-15,20,25,29,37H,16-19,21-23H2,1-3H3/t25-,29+,34-/m1/s1. The van der Waals surface area contributed by atoms with Gasteiger partial charge in [-0.05, 0) is 67.9 Å². The van der Waals surface area contributed by atoms with Gasteiger partial charge in [-0.3, -0.25) is 9.59 Å². The molecule has 1 amide bonds. The lowest BCUT2D eigenvalue weighted by atomic mass is 9.80. The van der Waals surface area contributed by atoms with E-state index >= 15 is 0 Å². The number of hydrogen-bond acceptors (Lipinski definition) is 4. The Morgan fingerprint density at radius 3 is 2.20 bits per heavy atom. The molecule has 1 saturated carbocycles. The number of halogens is 2. The van der Waals surface area contributed by atoms with Crippen LogP contribution in [-0.4, -0.2) is 54.7 Å². The molecule has 0 spiro atoms. The summed E-state index contributed by atoms with van der Waals surface area (Å²) in [7, 11) is 1.91. The highest BCUT2D eigenvalue weighted by atomic mass is 35.5. The minimum Gasteiger partial charge on any atom is -0.338 e. The van der Waals surface area contributed by atoms with Crippen molar-refractivity contribution in [1.29, 1.82) is 0 Å². The first-order valence-corrected chi connectivity index (χ1v) is 15.2. The third-order valence-corrected chi connectivity index (χ3v) is 10.0. The van der Waals surface area contributed by atoms with E-state index in [1.165, 1.54) is 5.56 Å². The van der Waals surface area contributed by atoms with Crippen LogP contribution < -0.4 is 5.32 Å². The van der Waals surface area contributed by atoms with Crippen LogP contribution in [0.3, 0.4) is 0 Å². The zero-order valence-corrected chi connectivity index (χ0v) is 25.6. The smallest absolute Gasteiger partial charge is 0.233 e. The predicted molar refractivity (Wildman–Crippen MR) is 166 cm³/mol. The van der Waals surface area contributed by atoms with E-state index in [0.29, 0.717) is 16.6 Å². The van der Waals surface area contributed by atoms with Crippen LogP contribution in [-0.2, 0) is 20.5 Å². The highest BCUT2D eigenvalue weighted by molar-refractivity contribution is 6.42. The molecule has 1 aliphatic heterocycles. The fourth-order valence-corrected chi connectivity index (χ4v) is 6.85. The summed E-state index contributed by atoms with van der Waals surface area (Å²) >= 11 is 12.7. The Morgan fingerprint density at radius 2 is 1.59 bits per heavy atom. The molecular formula is C34H39Cl2N3O2. The minimum absolute atomic E-state index is 0.0570. The van der Waals surface area contributed by atoms with E-state index in [1.54, 1.807) is 13.0 Å². The van der Waals surface area contributed by atoms with Crippen molar-refractivity contribution < 1.29 is 9.59 Å². The van der Waals surface area contributed by atoms with Crippen LogP contribution in [0, 0.1) is 5.92 Å². The Kier molecular flexibility index (Phi) is 8.91. The number of nitrogens with zero attached hydrogens (tertiary/aromatic N) is 2. The molecule has 1 heterocycles. The second-order valence-electron chi connectivity index (χ2n) is 11.8. The van der Waals surface area contributed by atoms with Crippen LogP contribution in [0.4, 0.5) is 0 Å². The molecule has 2 aliphatic rings. The lowest BCUT2D eigenvalue weighted by molar-refractivity contribution is -0.135. The molecule has 5 nitrogen and oxygen atoms in total. The molecule has 3 aromatic carbocycles. The SMILES string of the molecule is CC(=O)CNC1(c2ccccc2)CCN(C[C@@H]2C[C@@]2(C(=O)N(C)[C@H](C)c2ccccc2)c2ccc(Cl)c(Cl)c2)CC1. The molecule has 0 aromatic heterocycles. The van der Waals surface area contributed by atoms with Gasteiger partial charge in [0.25, 0.3) is 0 Å². The number of hydrogen-bond donors (Lipinski definition) is 1. The van der Waals surface area contributed by atoms with Crippen LogP contribution in [0.15, 0.2) is 78.9 Å². The van der Waals surface area contributed by atoms with Crippen molar-refractivity contribution in [3.05, 3.63) is 106 Å². The highest BCUT2D eigenvalue weighted by Crippen LogP contribution is 2.57. The average molecular weight is 593 g/mol. The van der Waals surface area contributed by atoms with Crippen molar-refractivity contribution in [2.24, 2.45) is 5.92 Å². The number of rotatable bonds is 10. The first kappa shape index (κ1) is 29.8. The molecule has 0 radical (unpaired) electrons. The maximum absolute atomic E-state index is 14.3. The van der Waals surface area contributed by atoms with Crippen LogP contribution >= 0.6 is 23.2 Å². The summed E-state index contributed by atoms with van der Waals surface area (Å²) in [5, 5.41) is 4.56. The molecule has 5 rings (SSSR count). The van der Waals surface area contributed by atoms with Crippen molar-refractivity contribution in [3.8, 4) is 0 Å². The molecule has 3 atom stereocenters. The zero-order valence-electron chi connectivity index (χ0n) is 24.1. The number of piperidine rings is 1. The van der Waals surface area contributed by atoms with E-state index in [0.717, 1.165) is 50.0 Å². The van der Waals surface area contributed by atoms with Gasteiger partial charge in [-0.25, -0.2) is 0 Å². The van der Waals surface area contributed by atoms with Gasteiger partial charge in [0.1, 0.15) is 5.78 Å². The van der Waals surface area contributed by atoms with Gasteiger partial charge in [0.2, 0.25) is 5.91 Å². The van der Waals surface area contributed by atoms with E-state index in [2.05, 4.69) is 53.5 Å². The van der Waals surface area contributed by atoms with E-state index in [1.807, 2.05) is 48.3 Å². The molecular weight excluding hydrogens is 553 g/mol. The average Bonchev–Trinajstić information content (AvgIpc) is 3.72. The van der Waals surface area contributed by atoms with Crippen molar-refractivity contribution >= 4 is 34.9 Å². The van der Waals surface area contributed by atoms with Gasteiger partial charge in [-0.1, -0.05) is 89.9 Å². The number of carbonyl (C=O) groups is 2. The van der Waals surface area contributed by atoms with E-state index in [9.17, 15) is 9.59 Å². The second-order valence-corrected chi connectivity index (χ2v) is 12.6. The van der Waals surface area contributed by atoms with Crippen LogP contribution in [0.25, 0.3) is 0 Å². The third kappa shape index (κ3) is 6.10. The van der Waals surface area contributed by atoms with Gasteiger partial charge in [0.15, 0.2) is 0 Å². The first-order valence-electron chi connectivity index (χ1n) is 14.5. The Bertz CT molecular complexity index is 1380. The van der Waals surface area contributed by atoms with Gasteiger partial charge in [0.05, 0.1) is 28.0 Å². The Labute approximate surface area is 253 Å². The van der Waals surface area contributed by atoms with Crippen molar-refractivity contribution in [2.75, 3.05) is 33.2 Å². The summed E-state index contributed by atoms with van der Waals surface area (Å²) in [5.74, 6) is 0.433. The Morgan fingerprint density at radius 1 is 0.951 bits per heavy atom. The van der Waals surface area contributed by atoms with Crippen molar-refractivity contribution in [3.63, 3.8) is 0 Å². The lowest BCUT2D eigenvalue weighted by Crippen LogP contribution is -2.52. The normalized spacial score (nSPS) is 22.6. The summed E-state index contributed by atoms with van der Waals surface area (Å²) in [5.41, 5.74) is 2.41. The largest absolute Gasteiger partial charge is 0.338 e. The summed E-state index contributed by atoms with van der Waals surface area (Å²) in [6, 6.07) is 26.2. The summed E-state index contributed by atoms with van der Waals surface area (Å²) in [6.45, 7) is 6.67. The quantitative estimate of drug-likeness (QED) is 0.287. The fraction of sp³-hybridized carbons (Fsp3) is 0.412. The molecule has 3 aromatic rings. The topological polar surface area (TPSA) is 52.7 Å². The maximum Gasteiger partial charge on any atom is 0.233 e. The molecule has 0 unspecified atom stereocenters. The number of likely N-dealkylation sites (N-methyl/N-ethyl adjacent to an activating group) is 1. The van der Waals surface area contributed by atoms with Crippen molar-refractivity contribution in [1.82, 2.24) is 15.1 Å². The van der Waals surface area contributed by atoms with Crippen molar-refractivity contribution in [2.45, 2.75) is 50.1 Å². The van der Waals surface area contributed by atoms with Gasteiger partial charge in [-0.2, -0.15) is 0 Å². The summed E-state index contributed by atoms with van der Waals surface area (Å²) < 4.78 is 0. The monoisotopic (exact) mass is 591 g/mol. The molecule has 41 heavy (non-hydrogen) atoms. The molecule has 216 valence electrons. The van der Waals surface area contributed by atoms with Crippen LogP contribution in [0.5, 0.6) is 0 Å². The summed E-state index contributed by atoms with van der Waals surface area (Å²) in [4.78, 5) is 30.5. The maximum atomic E-state index is 14.3. The highest BCUT2D eigenvalue weighted by Gasteiger charge is 2.62. The third-order valence-electron chi connectivity index (χ3n) is 9.30. The molecule has 1 aliphatic carbocycles. The predicted octanol–water partition coefficient (Wildman–Crippen LogP) is 6.64. The molecule has 1 N–H and O–H groups in total. The fourth-order valence-electron chi connectivity index (χ4n) is 6.56. The minimum atomic E-state index is -0.632. The van der Waals surface area contributed by atoms with Gasteiger partial charge in [0, 0.05) is 32.2 Å². The zero-order chi connectivity index (χ0) is 29.2.